The molecule has 1 saturated heterocycles. The van der Waals surface area contributed by atoms with E-state index in [4.69, 9.17) is 21.3 Å². The van der Waals surface area contributed by atoms with Crippen molar-refractivity contribution in [3.8, 4) is 6.07 Å². The Morgan fingerprint density at radius 1 is 1.36 bits per heavy atom. The number of aliphatic imine (C=N–C) groups is 1. The molecule has 36 heavy (non-hydrogen) atoms. The SMILES string of the molecule is CC(=NC1CCNCC1)/C(=N\N)C1=Cn2ncc(C#N)c2C(C)(OC(C)c2ccccc2C(N)=O)C1. The third-order valence-corrected chi connectivity index (χ3v) is 6.78. The highest BCUT2D eigenvalue weighted by Crippen LogP contribution is 2.42. The molecule has 3 heterocycles. The summed E-state index contributed by atoms with van der Waals surface area (Å²) < 4.78 is 8.28. The van der Waals surface area contributed by atoms with Crippen LogP contribution in [-0.2, 0) is 10.3 Å². The zero-order chi connectivity index (χ0) is 25.9. The molecule has 10 nitrogen and oxygen atoms in total. The molecule has 4 rings (SSSR count). The van der Waals surface area contributed by atoms with E-state index in [1.54, 1.807) is 16.8 Å². The van der Waals surface area contributed by atoms with E-state index in [9.17, 15) is 10.1 Å². The Bertz CT molecular complexity index is 1280. The minimum absolute atomic E-state index is 0.214. The summed E-state index contributed by atoms with van der Waals surface area (Å²) in [4.78, 5) is 16.9. The first-order valence-electron chi connectivity index (χ1n) is 12.1. The zero-order valence-electron chi connectivity index (χ0n) is 20.9. The molecule has 0 saturated carbocycles. The lowest BCUT2D eigenvalue weighted by Gasteiger charge is -2.37. The number of hydrazone groups is 1. The number of benzene rings is 1. The Morgan fingerprint density at radius 3 is 2.75 bits per heavy atom. The second kappa shape index (κ2) is 10.4. The molecule has 188 valence electrons. The van der Waals surface area contributed by atoms with Crippen molar-refractivity contribution in [1.29, 1.82) is 5.26 Å². The number of nitrogens with zero attached hydrogens (tertiary/aromatic N) is 5. The van der Waals surface area contributed by atoms with Gasteiger partial charge in [0, 0.05) is 23.8 Å². The third kappa shape index (κ3) is 4.94. The average molecular weight is 489 g/mol. The predicted octanol–water partition coefficient (Wildman–Crippen LogP) is 2.62. The number of piperidine rings is 1. The molecule has 1 amide bonds. The van der Waals surface area contributed by atoms with Crippen LogP contribution in [0.1, 0.15) is 73.3 Å². The lowest BCUT2D eigenvalue weighted by molar-refractivity contribution is -0.0871. The van der Waals surface area contributed by atoms with Crippen molar-refractivity contribution in [1.82, 2.24) is 15.1 Å². The Balaban J connectivity index is 1.71. The van der Waals surface area contributed by atoms with Gasteiger partial charge in [-0.1, -0.05) is 18.2 Å². The number of carbonyl (C=O) groups excluding carboxylic acids is 1. The van der Waals surface area contributed by atoms with E-state index in [0.29, 0.717) is 34.5 Å². The molecular formula is C26H32N8O2. The van der Waals surface area contributed by atoms with E-state index in [2.05, 4.69) is 21.6 Å². The Labute approximate surface area is 210 Å². The summed E-state index contributed by atoms with van der Waals surface area (Å²) in [7, 11) is 0. The largest absolute Gasteiger partial charge is 0.366 e. The number of nitrogens with one attached hydrogen (secondary N) is 1. The number of aromatic nitrogens is 2. The predicted molar refractivity (Wildman–Crippen MR) is 138 cm³/mol. The van der Waals surface area contributed by atoms with Gasteiger partial charge in [-0.15, -0.1) is 0 Å². The van der Waals surface area contributed by atoms with Gasteiger partial charge in [0.2, 0.25) is 5.91 Å². The molecule has 2 atom stereocenters. The topological polar surface area (TPSA) is 157 Å². The number of hydrogen-bond acceptors (Lipinski definition) is 8. The van der Waals surface area contributed by atoms with Crippen LogP contribution in [0.5, 0.6) is 0 Å². The molecular weight excluding hydrogens is 456 g/mol. The summed E-state index contributed by atoms with van der Waals surface area (Å²) in [5, 5.41) is 21.6. The van der Waals surface area contributed by atoms with E-state index in [0.717, 1.165) is 37.2 Å². The van der Waals surface area contributed by atoms with Crippen molar-refractivity contribution in [2.24, 2.45) is 21.7 Å². The molecule has 1 aromatic heterocycles. The quantitative estimate of drug-likeness (QED) is 0.309. The molecule has 2 unspecified atom stereocenters. The summed E-state index contributed by atoms with van der Waals surface area (Å²) in [6.45, 7) is 7.55. The van der Waals surface area contributed by atoms with Crippen molar-refractivity contribution in [2.75, 3.05) is 13.1 Å². The van der Waals surface area contributed by atoms with Gasteiger partial charge in [0.1, 0.15) is 17.4 Å². The number of amides is 1. The smallest absolute Gasteiger partial charge is 0.249 e. The van der Waals surface area contributed by atoms with E-state index < -0.39 is 17.6 Å². The lowest BCUT2D eigenvalue weighted by Crippen LogP contribution is -2.37. The van der Waals surface area contributed by atoms with Crippen LogP contribution in [0.2, 0.25) is 0 Å². The van der Waals surface area contributed by atoms with E-state index in [1.807, 2.05) is 39.1 Å². The molecule has 0 radical (unpaired) electrons. The summed E-state index contributed by atoms with van der Waals surface area (Å²) in [5.74, 6) is 5.35. The molecule has 2 aliphatic rings. The molecule has 2 aromatic rings. The fraction of sp³-hybridized carbons (Fsp3) is 0.423. The number of hydrogen-bond donors (Lipinski definition) is 3. The molecule has 5 N–H and O–H groups in total. The van der Waals surface area contributed by atoms with Crippen LogP contribution < -0.4 is 16.9 Å². The number of primary amides is 1. The van der Waals surface area contributed by atoms with Gasteiger partial charge in [-0.2, -0.15) is 15.5 Å². The summed E-state index contributed by atoms with van der Waals surface area (Å²) >= 11 is 0. The monoisotopic (exact) mass is 488 g/mol. The van der Waals surface area contributed by atoms with Crippen LogP contribution in [0, 0.1) is 11.3 Å². The van der Waals surface area contributed by atoms with Gasteiger partial charge in [-0.25, -0.2) is 4.68 Å². The molecule has 0 spiro atoms. The van der Waals surface area contributed by atoms with Gasteiger partial charge in [-0.05, 0) is 58.3 Å². The van der Waals surface area contributed by atoms with Crippen LogP contribution in [0.25, 0.3) is 6.20 Å². The van der Waals surface area contributed by atoms with Crippen LogP contribution in [-0.4, -0.2) is 46.2 Å². The van der Waals surface area contributed by atoms with Crippen LogP contribution in [0.15, 0.2) is 46.1 Å². The number of nitriles is 1. The van der Waals surface area contributed by atoms with Gasteiger partial charge in [0.15, 0.2) is 0 Å². The highest BCUT2D eigenvalue weighted by Gasteiger charge is 2.41. The number of ether oxygens (including phenoxy) is 1. The summed E-state index contributed by atoms with van der Waals surface area (Å²) in [6, 6.07) is 9.52. The zero-order valence-corrected chi connectivity index (χ0v) is 20.9. The normalized spacial score (nSPS) is 21.9. The summed E-state index contributed by atoms with van der Waals surface area (Å²) in [6.07, 6.45) is 5.15. The highest BCUT2D eigenvalue weighted by atomic mass is 16.5. The first kappa shape index (κ1) is 25.3. The lowest BCUT2D eigenvalue weighted by atomic mass is 9.85. The van der Waals surface area contributed by atoms with E-state index in [-0.39, 0.29) is 6.04 Å². The second-order valence-corrected chi connectivity index (χ2v) is 9.41. The molecule has 1 aromatic carbocycles. The molecule has 2 aliphatic heterocycles. The van der Waals surface area contributed by atoms with Gasteiger partial charge in [-0.3, -0.25) is 9.79 Å². The maximum absolute atomic E-state index is 12.0. The Kier molecular flexibility index (Phi) is 7.33. The van der Waals surface area contributed by atoms with Gasteiger partial charge in [0.05, 0.1) is 35.3 Å². The minimum atomic E-state index is -0.971. The van der Waals surface area contributed by atoms with Crippen molar-refractivity contribution in [3.63, 3.8) is 0 Å². The standard InChI is InChI=1S/C26H32N8O2/c1-16(32-20-8-10-30-11-9-20)23(33-29)18-12-26(3,24-19(13-27)14-31-34(24)15-18)36-17(2)21-6-4-5-7-22(21)25(28)35/h4-7,14-15,17,20,30H,8-12,29H2,1-3H3,(H2,28,35)/b32-16?,33-23+. The third-order valence-electron chi connectivity index (χ3n) is 6.78. The fourth-order valence-electron chi connectivity index (χ4n) is 5.16. The van der Waals surface area contributed by atoms with Crippen molar-refractivity contribution in [2.45, 2.75) is 57.8 Å². The first-order chi connectivity index (χ1) is 17.3. The number of rotatable bonds is 7. The second-order valence-electron chi connectivity index (χ2n) is 9.41. The maximum Gasteiger partial charge on any atom is 0.249 e. The van der Waals surface area contributed by atoms with Gasteiger partial charge in [0.25, 0.3) is 0 Å². The molecule has 10 heteroatoms. The maximum atomic E-state index is 12.0. The highest BCUT2D eigenvalue weighted by molar-refractivity contribution is 6.48. The van der Waals surface area contributed by atoms with E-state index in [1.165, 1.54) is 6.20 Å². The fourth-order valence-corrected chi connectivity index (χ4v) is 5.16. The van der Waals surface area contributed by atoms with Gasteiger partial charge >= 0.3 is 0 Å². The van der Waals surface area contributed by atoms with Crippen molar-refractivity contribution in [3.05, 3.63) is 58.4 Å². The van der Waals surface area contributed by atoms with Crippen LogP contribution >= 0.6 is 0 Å². The van der Waals surface area contributed by atoms with Crippen molar-refractivity contribution < 1.29 is 9.53 Å². The Hall–Kier alpha value is -3.81. The van der Waals surface area contributed by atoms with E-state index >= 15 is 0 Å². The summed E-state index contributed by atoms with van der Waals surface area (Å²) in [5.41, 5.74) is 8.86. The van der Waals surface area contributed by atoms with Crippen molar-refractivity contribution >= 4 is 23.5 Å². The molecule has 1 fully saturated rings. The average Bonchev–Trinajstić information content (AvgIpc) is 3.29. The van der Waals surface area contributed by atoms with Crippen LogP contribution in [0.4, 0.5) is 0 Å². The number of fused-ring (bicyclic) bond motifs is 1. The minimum Gasteiger partial charge on any atom is -0.366 e. The molecule has 0 bridgehead atoms. The number of carbonyl (C=O) groups is 1. The Morgan fingerprint density at radius 2 is 2.08 bits per heavy atom. The van der Waals surface area contributed by atoms with Gasteiger partial charge < -0.3 is 21.6 Å². The van der Waals surface area contributed by atoms with Crippen LogP contribution in [0.3, 0.4) is 0 Å². The molecule has 0 aliphatic carbocycles. The number of nitrogens with two attached hydrogens (primary N) is 2. The first-order valence-corrected chi connectivity index (χ1v) is 12.1.